The molecular weight excluding hydrogens is 284 g/mol. The summed E-state index contributed by atoms with van der Waals surface area (Å²) in [5.74, 6) is -0.512. The first kappa shape index (κ1) is 16.7. The number of rotatable bonds is 6. The van der Waals surface area contributed by atoms with Gasteiger partial charge in [0.05, 0.1) is 6.61 Å². The molecule has 0 aromatic carbocycles. The van der Waals surface area contributed by atoms with E-state index in [0.717, 1.165) is 4.31 Å². The molecule has 8 heteroatoms. The van der Waals surface area contributed by atoms with Crippen molar-refractivity contribution in [3.8, 4) is 0 Å². The van der Waals surface area contributed by atoms with Crippen LogP contribution < -0.4 is 0 Å². The Labute approximate surface area is 118 Å². The number of carbonyl (C=O) groups is 1. The smallest absolute Gasteiger partial charge is 0.289 e. The summed E-state index contributed by atoms with van der Waals surface area (Å²) in [6.45, 7) is 3.59. The molecular formula is C12H20N2O5S. The molecule has 1 amide bonds. The van der Waals surface area contributed by atoms with Crippen molar-refractivity contribution < 1.29 is 22.7 Å². The van der Waals surface area contributed by atoms with Crippen molar-refractivity contribution in [1.29, 1.82) is 0 Å². The molecule has 0 atom stereocenters. The molecule has 0 saturated heterocycles. The average Bonchev–Trinajstić information content (AvgIpc) is 2.84. The molecule has 1 aromatic heterocycles. The first-order valence-corrected chi connectivity index (χ1v) is 7.60. The lowest BCUT2D eigenvalue weighted by Gasteiger charge is -2.24. The lowest BCUT2D eigenvalue weighted by Crippen LogP contribution is -2.38. The molecule has 0 aliphatic heterocycles. The van der Waals surface area contributed by atoms with E-state index in [1.165, 1.54) is 31.1 Å². The zero-order chi connectivity index (χ0) is 15.5. The fourth-order valence-corrected chi connectivity index (χ4v) is 2.39. The average molecular weight is 304 g/mol. The van der Waals surface area contributed by atoms with E-state index in [9.17, 15) is 13.2 Å². The molecule has 1 rings (SSSR count). The maximum absolute atomic E-state index is 12.2. The van der Waals surface area contributed by atoms with Crippen LogP contribution in [0.2, 0.25) is 0 Å². The van der Waals surface area contributed by atoms with Gasteiger partial charge in [-0.05, 0) is 26.0 Å². The van der Waals surface area contributed by atoms with Gasteiger partial charge in [-0.1, -0.05) is 0 Å². The summed E-state index contributed by atoms with van der Waals surface area (Å²) in [6, 6.07) is 2.44. The second-order valence-corrected chi connectivity index (χ2v) is 6.80. The van der Waals surface area contributed by atoms with E-state index in [-0.39, 0.29) is 30.0 Å². The van der Waals surface area contributed by atoms with Crippen molar-refractivity contribution >= 4 is 15.9 Å². The lowest BCUT2D eigenvalue weighted by molar-refractivity contribution is 0.0627. The Balaban J connectivity index is 3.05. The van der Waals surface area contributed by atoms with E-state index in [1.54, 1.807) is 13.8 Å². The Morgan fingerprint density at radius 2 is 1.95 bits per heavy atom. The van der Waals surface area contributed by atoms with Crippen LogP contribution in [-0.2, 0) is 10.0 Å². The topological polar surface area (TPSA) is 91.1 Å². The zero-order valence-corrected chi connectivity index (χ0v) is 12.8. The monoisotopic (exact) mass is 304 g/mol. The number of amides is 1. The Kier molecular flexibility index (Phi) is 5.32. The molecule has 20 heavy (non-hydrogen) atoms. The third-order valence-electron chi connectivity index (χ3n) is 2.75. The maximum atomic E-state index is 12.2. The van der Waals surface area contributed by atoms with Crippen LogP contribution in [0.5, 0.6) is 0 Å². The highest BCUT2D eigenvalue weighted by Crippen LogP contribution is 2.18. The maximum Gasteiger partial charge on any atom is 0.289 e. The SMILES string of the molecule is CC(C)N(CCO)C(=O)c1ccc(S(=O)(=O)N(C)C)o1. The van der Waals surface area contributed by atoms with Crippen LogP contribution in [0.15, 0.2) is 21.6 Å². The molecule has 0 bridgehead atoms. The highest BCUT2D eigenvalue weighted by atomic mass is 32.2. The third kappa shape index (κ3) is 3.38. The zero-order valence-electron chi connectivity index (χ0n) is 12.0. The Morgan fingerprint density at radius 1 is 1.35 bits per heavy atom. The van der Waals surface area contributed by atoms with Gasteiger partial charge in [0.25, 0.3) is 15.9 Å². The van der Waals surface area contributed by atoms with Gasteiger partial charge < -0.3 is 14.4 Å². The normalized spacial score (nSPS) is 12.2. The van der Waals surface area contributed by atoms with Gasteiger partial charge in [-0.15, -0.1) is 0 Å². The van der Waals surface area contributed by atoms with Crippen molar-refractivity contribution in [3.05, 3.63) is 17.9 Å². The minimum Gasteiger partial charge on any atom is -0.438 e. The van der Waals surface area contributed by atoms with E-state index in [0.29, 0.717) is 0 Å². The fraction of sp³-hybridized carbons (Fsp3) is 0.583. The highest BCUT2D eigenvalue weighted by Gasteiger charge is 2.26. The van der Waals surface area contributed by atoms with Gasteiger partial charge in [0, 0.05) is 26.7 Å². The quantitative estimate of drug-likeness (QED) is 0.820. The minimum absolute atomic E-state index is 0.0624. The Hall–Kier alpha value is -1.38. The number of nitrogens with zero attached hydrogens (tertiary/aromatic N) is 2. The number of sulfonamides is 1. The predicted octanol–water partition coefficient (Wildman–Crippen LogP) is 0.373. The second-order valence-electron chi connectivity index (χ2n) is 4.72. The molecule has 0 fully saturated rings. The van der Waals surface area contributed by atoms with Gasteiger partial charge >= 0.3 is 0 Å². The molecule has 0 aliphatic carbocycles. The summed E-state index contributed by atoms with van der Waals surface area (Å²) in [7, 11) is -0.940. The summed E-state index contributed by atoms with van der Waals surface area (Å²) < 4.78 is 29.9. The molecule has 1 heterocycles. The highest BCUT2D eigenvalue weighted by molar-refractivity contribution is 7.88. The standard InChI is InChI=1S/C12H20N2O5S/c1-9(2)14(7-8-15)12(16)10-5-6-11(19-10)20(17,18)13(3)4/h5-6,9,15H,7-8H2,1-4H3. The van der Waals surface area contributed by atoms with E-state index in [2.05, 4.69) is 0 Å². The summed E-state index contributed by atoms with van der Waals surface area (Å²) in [6.07, 6.45) is 0. The molecule has 7 nitrogen and oxygen atoms in total. The number of furan rings is 1. The second kappa shape index (κ2) is 6.38. The van der Waals surface area contributed by atoms with E-state index >= 15 is 0 Å². The van der Waals surface area contributed by atoms with Gasteiger partial charge in [-0.3, -0.25) is 4.79 Å². The van der Waals surface area contributed by atoms with E-state index in [1.807, 2.05) is 0 Å². The summed E-state index contributed by atoms with van der Waals surface area (Å²) in [5.41, 5.74) is 0. The van der Waals surface area contributed by atoms with Crippen LogP contribution in [0.25, 0.3) is 0 Å². The van der Waals surface area contributed by atoms with Gasteiger partial charge in [-0.25, -0.2) is 12.7 Å². The molecule has 1 aromatic rings. The van der Waals surface area contributed by atoms with Crippen molar-refractivity contribution in [1.82, 2.24) is 9.21 Å². The number of aliphatic hydroxyl groups is 1. The van der Waals surface area contributed by atoms with Crippen LogP contribution in [0, 0.1) is 0 Å². The van der Waals surface area contributed by atoms with Gasteiger partial charge in [0.15, 0.2) is 5.76 Å². The van der Waals surface area contributed by atoms with Crippen LogP contribution in [0.4, 0.5) is 0 Å². The van der Waals surface area contributed by atoms with Crippen LogP contribution in [0.3, 0.4) is 0 Å². The van der Waals surface area contributed by atoms with Crippen LogP contribution in [-0.4, -0.2) is 61.9 Å². The van der Waals surface area contributed by atoms with Crippen LogP contribution >= 0.6 is 0 Å². The van der Waals surface area contributed by atoms with E-state index < -0.39 is 15.9 Å². The first-order valence-electron chi connectivity index (χ1n) is 6.16. The molecule has 114 valence electrons. The van der Waals surface area contributed by atoms with Crippen molar-refractivity contribution in [2.24, 2.45) is 0 Å². The lowest BCUT2D eigenvalue weighted by atomic mass is 10.3. The summed E-state index contributed by atoms with van der Waals surface area (Å²) >= 11 is 0. The van der Waals surface area contributed by atoms with Gasteiger partial charge in [0.1, 0.15) is 0 Å². The van der Waals surface area contributed by atoms with Crippen molar-refractivity contribution in [2.75, 3.05) is 27.2 Å². The predicted molar refractivity (Wildman–Crippen MR) is 72.8 cm³/mol. The van der Waals surface area contributed by atoms with Crippen LogP contribution in [0.1, 0.15) is 24.4 Å². The number of aliphatic hydroxyl groups excluding tert-OH is 1. The minimum atomic E-state index is -3.70. The number of carbonyl (C=O) groups excluding carboxylic acids is 1. The van der Waals surface area contributed by atoms with Crippen molar-refractivity contribution in [2.45, 2.75) is 25.0 Å². The third-order valence-corrected chi connectivity index (χ3v) is 4.44. The largest absolute Gasteiger partial charge is 0.438 e. The number of hydrogen-bond donors (Lipinski definition) is 1. The number of hydrogen-bond acceptors (Lipinski definition) is 5. The molecule has 0 aliphatic rings. The van der Waals surface area contributed by atoms with Crippen molar-refractivity contribution in [3.63, 3.8) is 0 Å². The Bertz CT molecular complexity index is 562. The van der Waals surface area contributed by atoms with Gasteiger partial charge in [0.2, 0.25) is 5.09 Å². The van der Waals surface area contributed by atoms with Gasteiger partial charge in [-0.2, -0.15) is 0 Å². The van der Waals surface area contributed by atoms with E-state index in [4.69, 9.17) is 9.52 Å². The first-order chi connectivity index (χ1) is 9.21. The fourth-order valence-electron chi connectivity index (χ4n) is 1.60. The molecule has 1 N–H and O–H groups in total. The Morgan fingerprint density at radius 3 is 2.40 bits per heavy atom. The molecule has 0 radical (unpaired) electrons. The molecule has 0 saturated carbocycles. The molecule has 0 unspecified atom stereocenters. The summed E-state index contributed by atoms with van der Waals surface area (Å²) in [4.78, 5) is 13.6. The molecule has 0 spiro atoms. The summed E-state index contributed by atoms with van der Waals surface area (Å²) in [5, 5.41) is 8.68.